The number of ether oxygens (including phenoxy) is 2. The fraction of sp³-hybridized carbons (Fsp3) is 0.882. The Morgan fingerprint density at radius 1 is 0.391 bits per heavy atom. The fourth-order valence-electron chi connectivity index (χ4n) is 12.1. The first-order valence-corrected chi connectivity index (χ1v) is 37.5. The zero-order valence-electron chi connectivity index (χ0n) is 56.8. The lowest BCUT2D eigenvalue weighted by Crippen LogP contribution is -2.60. The van der Waals surface area contributed by atoms with Crippen LogP contribution >= 0.6 is 0 Å². The summed E-state index contributed by atoms with van der Waals surface area (Å²) in [6.07, 6.45) is 73.6. The molecule has 9 atom stereocenters. The second kappa shape index (κ2) is 64.2. The number of unbranched alkanes of at least 4 members (excludes halogenated alkanes) is 46. The first kappa shape index (κ1) is 83.1. The highest BCUT2D eigenvalue weighted by Gasteiger charge is 2.44. The number of carbonyl (C=O) groups excluding carboxylic acids is 1. The van der Waals surface area contributed by atoms with E-state index in [0.717, 1.165) is 44.9 Å². The van der Waals surface area contributed by atoms with Crippen molar-refractivity contribution in [3.63, 3.8) is 0 Å². The molecule has 87 heavy (non-hydrogen) atoms. The van der Waals surface area contributed by atoms with E-state index >= 15 is 0 Å². The van der Waals surface area contributed by atoms with Gasteiger partial charge in [-0.3, -0.25) is 4.79 Å². The Morgan fingerprint density at radius 3 is 1.02 bits per heavy atom. The van der Waals surface area contributed by atoms with Crippen LogP contribution in [-0.2, 0) is 14.3 Å². The third kappa shape index (κ3) is 51.3. The van der Waals surface area contributed by atoms with Crippen molar-refractivity contribution in [1.29, 1.82) is 0 Å². The summed E-state index contributed by atoms with van der Waals surface area (Å²) in [6.45, 7) is 3.49. The molecule has 1 heterocycles. The van der Waals surface area contributed by atoms with E-state index in [0.29, 0.717) is 19.3 Å². The van der Waals surface area contributed by atoms with Crippen molar-refractivity contribution in [2.45, 2.75) is 416 Å². The summed E-state index contributed by atoms with van der Waals surface area (Å²) in [7, 11) is 0. The van der Waals surface area contributed by atoms with Crippen LogP contribution in [0.5, 0.6) is 0 Å². The van der Waals surface area contributed by atoms with Gasteiger partial charge in [-0.25, -0.2) is 0 Å². The first-order chi connectivity index (χ1) is 42.7. The van der Waals surface area contributed by atoms with E-state index in [-0.39, 0.29) is 12.8 Å². The molecule has 1 aliphatic rings. The Bertz CT molecular complexity index is 1560. The van der Waals surface area contributed by atoms with Gasteiger partial charge in [-0.15, -0.1) is 0 Å². The maximum absolute atomic E-state index is 13.3. The highest BCUT2D eigenvalue weighted by Crippen LogP contribution is 2.24. The van der Waals surface area contributed by atoms with Gasteiger partial charge in [-0.2, -0.15) is 0 Å². The molecule has 0 aromatic rings. The number of carbonyl (C=O) groups is 1. The molecule has 1 amide bonds. The molecular weight excluding hydrogens is 1090 g/mol. The number of allylic oxidation sites excluding steroid dienone is 8. The molecule has 9 unspecified atom stereocenters. The zero-order valence-corrected chi connectivity index (χ0v) is 56.8. The van der Waals surface area contributed by atoms with Crippen LogP contribution in [0.4, 0.5) is 0 Å². The van der Waals surface area contributed by atoms with Crippen molar-refractivity contribution >= 4 is 5.91 Å². The predicted molar refractivity (Wildman–Crippen MR) is 367 cm³/mol. The van der Waals surface area contributed by atoms with E-state index in [1.165, 1.54) is 270 Å². The SMILES string of the molecule is CCCCCCCCCCCCCC/C=C\CCCCCCCCCCCCCCCCCCC(O)C(=O)NC(COC1OC(CO)C(O)C(O)C1O)C(O)C(O)CCC/C=C/CC/C=C/CC/C=C/CCCCCCCCCCCCCCCCC. The molecule has 1 rings (SSSR count). The lowest BCUT2D eigenvalue weighted by molar-refractivity contribution is -0.303. The molecule has 0 aliphatic carbocycles. The van der Waals surface area contributed by atoms with Crippen molar-refractivity contribution in [1.82, 2.24) is 5.32 Å². The van der Waals surface area contributed by atoms with Crippen LogP contribution < -0.4 is 5.32 Å². The summed E-state index contributed by atoms with van der Waals surface area (Å²) in [5, 5.41) is 76.6. The Labute approximate surface area is 536 Å². The molecule has 1 fully saturated rings. The van der Waals surface area contributed by atoms with E-state index in [1.807, 2.05) is 0 Å². The van der Waals surface area contributed by atoms with Crippen LogP contribution in [0.25, 0.3) is 0 Å². The lowest BCUT2D eigenvalue weighted by atomic mass is 9.98. The number of amides is 1. The van der Waals surface area contributed by atoms with Gasteiger partial charge in [0.05, 0.1) is 25.4 Å². The number of aliphatic hydroxyl groups is 7. The topological polar surface area (TPSA) is 189 Å². The number of nitrogens with one attached hydrogen (secondary N) is 1. The van der Waals surface area contributed by atoms with Crippen molar-refractivity contribution < 1.29 is 50.0 Å². The van der Waals surface area contributed by atoms with Crippen molar-refractivity contribution in [3.05, 3.63) is 48.6 Å². The second-order valence-corrected chi connectivity index (χ2v) is 26.3. The molecule has 512 valence electrons. The quantitative estimate of drug-likeness (QED) is 0.0215. The lowest BCUT2D eigenvalue weighted by Gasteiger charge is -2.40. The third-order valence-electron chi connectivity index (χ3n) is 18.1. The molecule has 11 nitrogen and oxygen atoms in total. The highest BCUT2D eigenvalue weighted by atomic mass is 16.7. The van der Waals surface area contributed by atoms with Gasteiger partial charge < -0.3 is 50.5 Å². The Balaban J connectivity index is 2.20. The zero-order chi connectivity index (χ0) is 63.1. The van der Waals surface area contributed by atoms with Gasteiger partial charge >= 0.3 is 0 Å². The molecule has 11 heteroatoms. The van der Waals surface area contributed by atoms with Gasteiger partial charge in [0.25, 0.3) is 0 Å². The summed E-state index contributed by atoms with van der Waals surface area (Å²) in [6, 6.07) is -1.20. The van der Waals surface area contributed by atoms with Gasteiger partial charge in [0.2, 0.25) is 5.91 Å². The van der Waals surface area contributed by atoms with Crippen LogP contribution in [-0.4, -0.2) is 110 Å². The molecule has 0 radical (unpaired) electrons. The van der Waals surface area contributed by atoms with Crippen molar-refractivity contribution in [2.24, 2.45) is 0 Å². The van der Waals surface area contributed by atoms with Crippen LogP contribution in [0, 0.1) is 0 Å². The van der Waals surface area contributed by atoms with E-state index < -0.39 is 74.2 Å². The molecule has 0 aromatic carbocycles. The van der Waals surface area contributed by atoms with Gasteiger partial charge in [-0.05, 0) is 89.9 Å². The fourth-order valence-corrected chi connectivity index (χ4v) is 12.1. The molecular formula is C76H143NO10. The first-order valence-electron chi connectivity index (χ1n) is 37.5. The van der Waals surface area contributed by atoms with E-state index in [1.54, 1.807) is 0 Å². The van der Waals surface area contributed by atoms with Crippen LogP contribution in [0.15, 0.2) is 48.6 Å². The minimum atomic E-state index is -1.68. The van der Waals surface area contributed by atoms with Crippen molar-refractivity contribution in [2.75, 3.05) is 13.2 Å². The Kier molecular flexibility index (Phi) is 61.3. The van der Waals surface area contributed by atoms with Crippen LogP contribution in [0.3, 0.4) is 0 Å². The van der Waals surface area contributed by atoms with E-state index in [2.05, 4.69) is 67.8 Å². The Hall–Kier alpha value is -1.93. The molecule has 0 spiro atoms. The average Bonchev–Trinajstić information content (AvgIpc) is 1.96. The maximum Gasteiger partial charge on any atom is 0.249 e. The second-order valence-electron chi connectivity index (χ2n) is 26.3. The summed E-state index contributed by atoms with van der Waals surface area (Å²) in [4.78, 5) is 13.3. The van der Waals surface area contributed by atoms with Crippen LogP contribution in [0.2, 0.25) is 0 Å². The molecule has 8 N–H and O–H groups in total. The number of rotatable bonds is 66. The third-order valence-corrected chi connectivity index (χ3v) is 18.1. The number of aliphatic hydroxyl groups excluding tert-OH is 7. The molecule has 0 aromatic heterocycles. The normalized spacial score (nSPS) is 18.9. The standard InChI is InChI=1S/C76H143NO10/c1-3-5-7-9-11-13-15-17-19-21-23-25-27-29-31-33-34-35-36-38-40-42-44-46-48-50-52-54-56-58-60-62-64-69(80)75(85)77-67(66-86-76-74(84)73(83)72(82)70(65-78)87-76)71(81)68(79)63-61-59-57-55-53-51-49-47-45-43-41-39-37-32-30-28-26-24-22-20-18-16-14-12-10-8-6-4-2/h29,31,39,41,47,49,55,57,67-74,76,78-84H,3-28,30,32-38,40,42-46,48,50-54,56,58-66H2,1-2H3,(H,77,85)/b31-29-,41-39+,49-47+,57-55+. The van der Waals surface area contributed by atoms with E-state index in [9.17, 15) is 40.5 Å². The number of hydrogen-bond donors (Lipinski definition) is 8. The molecule has 0 bridgehead atoms. The summed E-state index contributed by atoms with van der Waals surface area (Å²) < 4.78 is 11.2. The number of hydrogen-bond acceptors (Lipinski definition) is 10. The smallest absolute Gasteiger partial charge is 0.249 e. The maximum atomic E-state index is 13.3. The highest BCUT2D eigenvalue weighted by molar-refractivity contribution is 5.80. The molecule has 0 saturated carbocycles. The largest absolute Gasteiger partial charge is 0.394 e. The average molecular weight is 1230 g/mol. The summed E-state index contributed by atoms with van der Waals surface area (Å²) >= 11 is 0. The van der Waals surface area contributed by atoms with Crippen LogP contribution in [0.1, 0.15) is 361 Å². The summed E-state index contributed by atoms with van der Waals surface area (Å²) in [5.74, 6) is -0.707. The molecule has 1 aliphatic heterocycles. The van der Waals surface area contributed by atoms with Gasteiger partial charge in [-0.1, -0.05) is 319 Å². The van der Waals surface area contributed by atoms with Gasteiger partial charge in [0.15, 0.2) is 6.29 Å². The monoisotopic (exact) mass is 1230 g/mol. The minimum Gasteiger partial charge on any atom is -0.394 e. The van der Waals surface area contributed by atoms with Crippen molar-refractivity contribution in [3.8, 4) is 0 Å². The summed E-state index contributed by atoms with van der Waals surface area (Å²) in [5.41, 5.74) is 0. The van der Waals surface area contributed by atoms with E-state index in [4.69, 9.17) is 9.47 Å². The van der Waals surface area contributed by atoms with Gasteiger partial charge in [0, 0.05) is 0 Å². The molecule has 1 saturated heterocycles. The predicted octanol–water partition coefficient (Wildman–Crippen LogP) is 18.7. The van der Waals surface area contributed by atoms with Gasteiger partial charge in [0.1, 0.15) is 36.6 Å². The Morgan fingerprint density at radius 2 is 0.690 bits per heavy atom. The minimum absolute atomic E-state index is 0.242.